The van der Waals surface area contributed by atoms with Crippen LogP contribution < -0.4 is 17.0 Å². The Labute approximate surface area is 410 Å². The van der Waals surface area contributed by atoms with Gasteiger partial charge in [0.15, 0.2) is 0 Å². The van der Waals surface area contributed by atoms with Gasteiger partial charge >= 0.3 is 20.5 Å². The topological polar surface area (TPSA) is 200 Å². The predicted molar refractivity (Wildman–Crippen MR) is 282 cm³/mol. The minimum Gasteiger partial charge on any atom is -0.459 e. The van der Waals surface area contributed by atoms with Crippen molar-refractivity contribution in [1.29, 1.82) is 0 Å². The number of hydrogen-bond acceptors (Lipinski definition) is 16. The summed E-state index contributed by atoms with van der Waals surface area (Å²) in [4.78, 5) is 39.1. The van der Waals surface area contributed by atoms with Gasteiger partial charge in [0, 0.05) is 38.6 Å². The highest BCUT2D eigenvalue weighted by atomic mass is 31.2. The van der Waals surface area contributed by atoms with Gasteiger partial charge in [-0.25, -0.2) is 0 Å². The molecule has 0 bridgehead atoms. The number of hydrogen-bond donors (Lipinski definition) is 3. The van der Waals surface area contributed by atoms with E-state index in [9.17, 15) is 9.59 Å². The first-order valence-electron chi connectivity index (χ1n) is 26.5. The van der Waals surface area contributed by atoms with Crippen LogP contribution in [0.25, 0.3) is 0 Å². The molecule has 16 nitrogen and oxygen atoms in total. The summed E-state index contributed by atoms with van der Waals surface area (Å²) in [6.45, 7) is 16.6. The second kappa shape index (κ2) is 51.3. The van der Waals surface area contributed by atoms with E-state index < -0.39 is 8.60 Å². The molecule has 0 radical (unpaired) electrons. The number of nitrogens with zero attached hydrogens (tertiary/aromatic N) is 6. The van der Waals surface area contributed by atoms with Gasteiger partial charge in [-0.1, -0.05) is 129 Å². The zero-order chi connectivity index (χ0) is 49.1. The van der Waals surface area contributed by atoms with E-state index in [0.717, 1.165) is 71.1 Å². The second-order valence-corrected chi connectivity index (χ2v) is 18.6. The molecule has 0 saturated heterocycles. The smallest absolute Gasteiger partial charge is 0.332 e. The van der Waals surface area contributed by atoms with E-state index in [1.165, 1.54) is 103 Å². The third-order valence-electron chi connectivity index (χ3n) is 11.2. The highest BCUT2D eigenvalue weighted by Gasteiger charge is 2.15. The minimum atomic E-state index is -1.25. The van der Waals surface area contributed by atoms with Crippen molar-refractivity contribution in [3.8, 4) is 0 Å². The molecule has 5 N–H and O–H groups in total. The SMILES string of the molecule is CCCCCCCCCCCCN=C/C(COC(=O)CCN(CCCN(C)CCCNCCCOP(OCC)OCC)CCC(=O)OC/C(C=NCCCCCCCCCCCC)=N/N)=N\N. The molecule has 0 aromatic heterocycles. The van der Waals surface area contributed by atoms with Gasteiger partial charge in [-0.15, -0.1) is 0 Å². The molecule has 0 spiro atoms. The molecule has 0 amide bonds. The lowest BCUT2D eigenvalue weighted by Gasteiger charge is -2.23. The van der Waals surface area contributed by atoms with E-state index in [0.29, 0.717) is 64.0 Å². The lowest BCUT2D eigenvalue weighted by atomic mass is 10.1. The third kappa shape index (κ3) is 45.6. The number of carbonyl (C=O) groups is 2. The van der Waals surface area contributed by atoms with Gasteiger partial charge in [-0.3, -0.25) is 19.6 Å². The van der Waals surface area contributed by atoms with E-state index in [1.54, 1.807) is 12.4 Å². The van der Waals surface area contributed by atoms with Gasteiger partial charge in [0.25, 0.3) is 0 Å². The molecule has 0 unspecified atom stereocenters. The maximum absolute atomic E-state index is 12.9. The Hall–Kier alpha value is -2.59. The summed E-state index contributed by atoms with van der Waals surface area (Å²) in [5.74, 6) is 10.5. The average molecular weight is 970 g/mol. The van der Waals surface area contributed by atoms with Crippen LogP contribution in [0.15, 0.2) is 20.2 Å². The Morgan fingerprint density at radius 1 is 0.522 bits per heavy atom. The first-order valence-corrected chi connectivity index (χ1v) is 27.6. The fraction of sp³-hybridized carbons (Fsp3) is 0.880. The molecule has 0 aromatic carbocycles. The second-order valence-electron chi connectivity index (χ2n) is 17.3. The Kier molecular flexibility index (Phi) is 49.3. The van der Waals surface area contributed by atoms with Gasteiger partial charge in [-0.05, 0) is 85.7 Å². The normalized spacial score (nSPS) is 12.5. The first-order chi connectivity index (χ1) is 32.8. The van der Waals surface area contributed by atoms with Crippen molar-refractivity contribution in [2.75, 3.05) is 99.0 Å². The molecule has 0 fully saturated rings. The summed E-state index contributed by atoms with van der Waals surface area (Å²) in [5, 5.41) is 11.0. The molecule has 17 heteroatoms. The van der Waals surface area contributed by atoms with Crippen LogP contribution in [-0.2, 0) is 32.6 Å². The molecule has 0 aliphatic carbocycles. The minimum absolute atomic E-state index is 0.0345. The molecule has 0 aromatic rings. The fourth-order valence-corrected chi connectivity index (χ4v) is 8.08. The van der Waals surface area contributed by atoms with Crippen molar-refractivity contribution in [3.05, 3.63) is 0 Å². The first kappa shape index (κ1) is 64.4. The monoisotopic (exact) mass is 970 g/mol. The Morgan fingerprint density at radius 3 is 1.37 bits per heavy atom. The number of nitrogens with one attached hydrogen (secondary N) is 1. The average Bonchev–Trinajstić information content (AvgIpc) is 3.33. The Morgan fingerprint density at radius 2 is 0.940 bits per heavy atom. The van der Waals surface area contributed by atoms with Crippen molar-refractivity contribution in [3.63, 3.8) is 0 Å². The van der Waals surface area contributed by atoms with Crippen LogP contribution in [0.1, 0.15) is 188 Å². The van der Waals surface area contributed by atoms with Crippen molar-refractivity contribution in [2.45, 2.75) is 188 Å². The fourth-order valence-electron chi connectivity index (χ4n) is 7.16. The van der Waals surface area contributed by atoms with Crippen molar-refractivity contribution >= 4 is 44.4 Å². The largest absolute Gasteiger partial charge is 0.459 e. The van der Waals surface area contributed by atoms with E-state index in [2.05, 4.69) is 56.2 Å². The lowest BCUT2D eigenvalue weighted by molar-refractivity contribution is -0.142. The van der Waals surface area contributed by atoms with E-state index in [4.69, 9.17) is 34.7 Å². The third-order valence-corrected chi connectivity index (χ3v) is 12.5. The van der Waals surface area contributed by atoms with Gasteiger partial charge in [0.05, 0.1) is 32.7 Å². The molecule has 392 valence electrons. The lowest BCUT2D eigenvalue weighted by Crippen LogP contribution is -2.33. The standard InChI is InChI=1S/C50H100N9O7P/c1-6-10-12-14-16-18-20-22-24-26-33-54-43-47(56-51)45-62-49(60)31-40-59(39-30-38-58(5)37-28-35-53-36-29-42-66-67(64-8-3)65-9-4)41-32-50(61)63-46-48(57-52)44-55-34-27-25-23-21-19-17-15-13-11-7-2/h43-44,53H,6-42,45-46,51-52H2,1-5H3/b54-43?,55-44?,56-47+,57-48+. The zero-order valence-electron chi connectivity index (χ0n) is 43.4. The molecule has 0 rings (SSSR count). The van der Waals surface area contributed by atoms with Gasteiger partial charge in [0.2, 0.25) is 0 Å². The van der Waals surface area contributed by atoms with E-state index in [-0.39, 0.29) is 38.0 Å². The van der Waals surface area contributed by atoms with Crippen LogP contribution >= 0.6 is 8.60 Å². The van der Waals surface area contributed by atoms with E-state index in [1.807, 2.05) is 13.8 Å². The van der Waals surface area contributed by atoms with E-state index >= 15 is 0 Å². The van der Waals surface area contributed by atoms with Crippen molar-refractivity contribution in [1.82, 2.24) is 15.1 Å². The molecular weight excluding hydrogens is 870 g/mol. The molecule has 0 heterocycles. The number of aliphatic imine (C=N–C) groups is 2. The van der Waals surface area contributed by atoms with Crippen LogP contribution in [0.5, 0.6) is 0 Å². The number of ether oxygens (including phenoxy) is 2. The summed E-state index contributed by atoms with van der Waals surface area (Å²) >= 11 is 0. The summed E-state index contributed by atoms with van der Waals surface area (Å²) in [6, 6.07) is 0. The molecule has 0 aliphatic rings. The molecule has 0 saturated carbocycles. The zero-order valence-corrected chi connectivity index (χ0v) is 44.3. The number of nitrogens with two attached hydrogens (primary N) is 2. The number of hydrazone groups is 2. The molecule has 67 heavy (non-hydrogen) atoms. The summed E-state index contributed by atoms with van der Waals surface area (Å²) in [6.07, 6.45) is 31.6. The van der Waals surface area contributed by atoms with Crippen LogP contribution in [0, 0.1) is 0 Å². The number of rotatable bonds is 51. The summed E-state index contributed by atoms with van der Waals surface area (Å²) in [7, 11) is 0.863. The predicted octanol–water partition coefficient (Wildman–Crippen LogP) is 9.78. The van der Waals surface area contributed by atoms with Crippen molar-refractivity contribution in [2.24, 2.45) is 31.9 Å². The van der Waals surface area contributed by atoms with Crippen LogP contribution in [0.3, 0.4) is 0 Å². The van der Waals surface area contributed by atoms with Crippen molar-refractivity contribution < 1.29 is 32.6 Å². The molecule has 0 atom stereocenters. The summed E-state index contributed by atoms with van der Waals surface area (Å²) in [5.41, 5.74) is 0.843. The van der Waals surface area contributed by atoms with Crippen LogP contribution in [0.4, 0.5) is 0 Å². The van der Waals surface area contributed by atoms with Gasteiger partial charge < -0.3 is 49.8 Å². The maximum Gasteiger partial charge on any atom is 0.332 e. The highest BCUT2D eigenvalue weighted by Crippen LogP contribution is 2.39. The highest BCUT2D eigenvalue weighted by molar-refractivity contribution is 7.41. The van der Waals surface area contributed by atoms with Crippen LogP contribution in [-0.4, -0.2) is 145 Å². The molecule has 0 aliphatic heterocycles. The van der Waals surface area contributed by atoms with Gasteiger partial charge in [0.1, 0.15) is 24.6 Å². The maximum atomic E-state index is 12.9. The number of esters is 2. The Bertz CT molecular complexity index is 1170. The van der Waals surface area contributed by atoms with Gasteiger partial charge in [-0.2, -0.15) is 10.2 Å². The molecular formula is C50H100N9O7P. The number of carbonyl (C=O) groups excluding carboxylic acids is 2. The van der Waals surface area contributed by atoms with Crippen LogP contribution in [0.2, 0.25) is 0 Å². The Balaban J connectivity index is 4.81. The summed E-state index contributed by atoms with van der Waals surface area (Å²) < 4.78 is 27.7. The number of unbranched alkanes of at least 4 members (excludes halogenated alkanes) is 18. The quantitative estimate of drug-likeness (QED) is 0.0130.